The Bertz CT molecular complexity index is 346. The van der Waals surface area contributed by atoms with Crippen molar-refractivity contribution >= 4 is 11.6 Å². The maximum Gasteiger partial charge on any atom is 0.0406 e. The lowest BCUT2D eigenvalue weighted by atomic mass is 9.59. The molecule has 1 heterocycles. The summed E-state index contributed by atoms with van der Waals surface area (Å²) in [6.07, 6.45) is 2.72. The Balaban J connectivity index is 1.98. The first-order chi connectivity index (χ1) is 6.81. The van der Waals surface area contributed by atoms with Gasteiger partial charge < -0.3 is 5.32 Å². The van der Waals surface area contributed by atoms with E-state index in [0.29, 0.717) is 5.41 Å². The van der Waals surface area contributed by atoms with Gasteiger partial charge in [0.25, 0.3) is 0 Å². The van der Waals surface area contributed by atoms with Gasteiger partial charge in [-0.3, -0.25) is 0 Å². The van der Waals surface area contributed by atoms with E-state index in [1.54, 1.807) is 0 Å². The molecule has 14 heavy (non-hydrogen) atoms. The van der Waals surface area contributed by atoms with Gasteiger partial charge in [0, 0.05) is 17.0 Å². The minimum absolute atomic E-state index is 0.449. The molecule has 3 rings (SSSR count). The molecule has 2 fully saturated rings. The van der Waals surface area contributed by atoms with E-state index in [0.717, 1.165) is 17.5 Å². The van der Waals surface area contributed by atoms with Crippen LogP contribution >= 0.6 is 11.6 Å². The molecule has 1 aliphatic heterocycles. The topological polar surface area (TPSA) is 12.0 Å². The van der Waals surface area contributed by atoms with Crippen LogP contribution in [0.4, 0.5) is 0 Å². The van der Waals surface area contributed by atoms with Gasteiger partial charge in [0.05, 0.1) is 0 Å². The van der Waals surface area contributed by atoms with Gasteiger partial charge >= 0.3 is 0 Å². The monoisotopic (exact) mass is 207 g/mol. The average molecular weight is 208 g/mol. The van der Waals surface area contributed by atoms with E-state index < -0.39 is 0 Å². The van der Waals surface area contributed by atoms with Gasteiger partial charge in [-0.2, -0.15) is 0 Å². The van der Waals surface area contributed by atoms with Gasteiger partial charge in [-0.15, -0.1) is 0 Å². The molecule has 2 unspecified atom stereocenters. The number of rotatable bonds is 1. The molecule has 1 saturated carbocycles. The van der Waals surface area contributed by atoms with E-state index in [-0.39, 0.29) is 0 Å². The van der Waals surface area contributed by atoms with Crippen LogP contribution in [0.5, 0.6) is 0 Å². The lowest BCUT2D eigenvalue weighted by molar-refractivity contribution is 0.182. The molecule has 1 nitrogen and oxygen atoms in total. The highest BCUT2D eigenvalue weighted by atomic mass is 35.5. The molecule has 2 aliphatic rings. The molecule has 1 saturated heterocycles. The van der Waals surface area contributed by atoms with Crippen molar-refractivity contribution in [3.8, 4) is 0 Å². The first kappa shape index (κ1) is 8.75. The predicted octanol–water partition coefficient (Wildman–Crippen LogP) is 2.59. The molecule has 1 aliphatic carbocycles. The second-order valence-electron chi connectivity index (χ2n) is 4.53. The Morgan fingerprint density at radius 2 is 2.07 bits per heavy atom. The summed E-state index contributed by atoms with van der Waals surface area (Å²) in [6, 6.07) is 8.42. The Kier molecular flexibility index (Phi) is 1.86. The lowest BCUT2D eigenvalue weighted by Gasteiger charge is -2.44. The Hall–Kier alpha value is -0.530. The van der Waals surface area contributed by atoms with Crippen molar-refractivity contribution in [3.05, 3.63) is 34.9 Å². The van der Waals surface area contributed by atoms with Crippen LogP contribution in [0, 0.1) is 5.92 Å². The van der Waals surface area contributed by atoms with E-state index in [1.807, 2.05) is 12.1 Å². The minimum Gasteiger partial charge on any atom is -0.316 e. The smallest absolute Gasteiger partial charge is 0.0406 e. The van der Waals surface area contributed by atoms with Crippen molar-refractivity contribution in [3.63, 3.8) is 0 Å². The van der Waals surface area contributed by atoms with E-state index in [4.69, 9.17) is 11.6 Å². The summed E-state index contributed by atoms with van der Waals surface area (Å²) in [6.45, 7) is 2.35. The number of halogens is 1. The van der Waals surface area contributed by atoms with Crippen LogP contribution in [-0.2, 0) is 5.41 Å². The molecule has 2 heteroatoms. The van der Waals surface area contributed by atoms with Crippen molar-refractivity contribution in [2.75, 3.05) is 13.1 Å². The molecular formula is C12H14ClN. The largest absolute Gasteiger partial charge is 0.316 e. The first-order valence-electron chi connectivity index (χ1n) is 5.28. The third-order valence-electron chi connectivity index (χ3n) is 3.97. The third kappa shape index (κ3) is 1.06. The maximum absolute atomic E-state index is 5.90. The molecule has 0 bridgehead atoms. The lowest BCUT2D eigenvalue weighted by Crippen LogP contribution is -2.43. The summed E-state index contributed by atoms with van der Waals surface area (Å²) >= 11 is 5.90. The van der Waals surface area contributed by atoms with Crippen LogP contribution < -0.4 is 5.32 Å². The van der Waals surface area contributed by atoms with Gasteiger partial charge in [0.1, 0.15) is 0 Å². The van der Waals surface area contributed by atoms with Gasteiger partial charge in [0.15, 0.2) is 0 Å². The second kappa shape index (κ2) is 2.98. The molecule has 0 aromatic heterocycles. The Morgan fingerprint density at radius 1 is 1.29 bits per heavy atom. The summed E-state index contributed by atoms with van der Waals surface area (Å²) in [5.41, 5.74) is 1.92. The minimum atomic E-state index is 0.449. The second-order valence-corrected chi connectivity index (χ2v) is 4.97. The SMILES string of the molecule is Clc1ccc(C23CCC2CNC3)cc1. The molecular weight excluding hydrogens is 194 g/mol. The molecule has 0 amide bonds. The zero-order valence-electron chi connectivity index (χ0n) is 8.09. The van der Waals surface area contributed by atoms with E-state index in [9.17, 15) is 0 Å². The molecule has 1 aromatic rings. The zero-order valence-corrected chi connectivity index (χ0v) is 8.85. The molecule has 1 N–H and O–H groups in total. The highest BCUT2D eigenvalue weighted by molar-refractivity contribution is 6.30. The standard InChI is InChI=1S/C12H14ClN/c13-11-3-1-9(2-4-11)12-6-5-10(12)7-14-8-12/h1-4,10,14H,5-8H2. The number of hydrogen-bond donors (Lipinski definition) is 1. The van der Waals surface area contributed by atoms with E-state index >= 15 is 0 Å². The van der Waals surface area contributed by atoms with Crippen molar-refractivity contribution in [1.82, 2.24) is 5.32 Å². The van der Waals surface area contributed by atoms with E-state index in [1.165, 1.54) is 24.9 Å². The molecule has 0 radical (unpaired) electrons. The Morgan fingerprint density at radius 3 is 2.64 bits per heavy atom. The van der Waals surface area contributed by atoms with Gasteiger partial charge in [-0.1, -0.05) is 23.7 Å². The quantitative estimate of drug-likeness (QED) is 0.747. The number of benzene rings is 1. The fourth-order valence-electron chi connectivity index (χ4n) is 2.96. The third-order valence-corrected chi connectivity index (χ3v) is 4.22. The summed E-state index contributed by atoms with van der Waals surface area (Å²) in [4.78, 5) is 0. The van der Waals surface area contributed by atoms with Crippen LogP contribution in [0.1, 0.15) is 18.4 Å². The maximum atomic E-state index is 5.90. The number of fused-ring (bicyclic) bond motifs is 1. The fraction of sp³-hybridized carbons (Fsp3) is 0.500. The summed E-state index contributed by atoms with van der Waals surface area (Å²) in [7, 11) is 0. The predicted molar refractivity (Wildman–Crippen MR) is 58.7 cm³/mol. The molecule has 74 valence electrons. The van der Waals surface area contributed by atoms with Crippen LogP contribution in [0.2, 0.25) is 5.02 Å². The van der Waals surface area contributed by atoms with Crippen molar-refractivity contribution in [2.45, 2.75) is 18.3 Å². The number of nitrogens with one attached hydrogen (secondary N) is 1. The van der Waals surface area contributed by atoms with Crippen molar-refractivity contribution < 1.29 is 0 Å². The van der Waals surface area contributed by atoms with Crippen molar-refractivity contribution in [1.29, 1.82) is 0 Å². The van der Waals surface area contributed by atoms with Crippen LogP contribution in [-0.4, -0.2) is 13.1 Å². The van der Waals surface area contributed by atoms with Crippen LogP contribution in [0.25, 0.3) is 0 Å². The molecule has 0 spiro atoms. The molecule has 1 aromatic carbocycles. The summed E-state index contributed by atoms with van der Waals surface area (Å²) < 4.78 is 0. The average Bonchev–Trinajstić information content (AvgIpc) is 2.45. The van der Waals surface area contributed by atoms with Gasteiger partial charge in [0.2, 0.25) is 0 Å². The highest BCUT2D eigenvalue weighted by Gasteiger charge is 2.50. The number of hydrogen-bond acceptors (Lipinski definition) is 1. The zero-order chi connectivity index (χ0) is 9.60. The molecule has 2 atom stereocenters. The van der Waals surface area contributed by atoms with Crippen molar-refractivity contribution in [2.24, 2.45) is 5.92 Å². The van der Waals surface area contributed by atoms with Gasteiger partial charge in [-0.25, -0.2) is 0 Å². The fourth-order valence-corrected chi connectivity index (χ4v) is 3.09. The first-order valence-corrected chi connectivity index (χ1v) is 5.66. The normalized spacial score (nSPS) is 35.1. The summed E-state index contributed by atoms with van der Waals surface area (Å²) in [5, 5.41) is 4.35. The van der Waals surface area contributed by atoms with E-state index in [2.05, 4.69) is 17.4 Å². The highest BCUT2D eigenvalue weighted by Crippen LogP contribution is 2.50. The summed E-state index contributed by atoms with van der Waals surface area (Å²) in [5.74, 6) is 0.865. The van der Waals surface area contributed by atoms with Gasteiger partial charge in [-0.05, 0) is 43.0 Å². The van der Waals surface area contributed by atoms with Crippen LogP contribution in [0.3, 0.4) is 0 Å². The Labute approximate surface area is 89.5 Å². The van der Waals surface area contributed by atoms with Crippen LogP contribution in [0.15, 0.2) is 24.3 Å².